The molecular formula is C38H51N5O12S2. The summed E-state index contributed by atoms with van der Waals surface area (Å²) < 4.78 is 84.3. The van der Waals surface area contributed by atoms with Crippen molar-refractivity contribution >= 4 is 44.0 Å². The van der Waals surface area contributed by atoms with Crippen molar-refractivity contribution in [1.29, 1.82) is 5.41 Å². The first-order chi connectivity index (χ1) is 26.5. The zero-order valence-corrected chi connectivity index (χ0v) is 35.2. The number of rotatable bonds is 12. The number of nitrogens with one attached hydrogen (secondary N) is 2. The average molecular weight is 834 g/mol. The molecule has 0 bridgehead atoms. The Bertz CT molecular complexity index is 2140. The number of benzene rings is 3. The lowest BCUT2D eigenvalue weighted by molar-refractivity contribution is -0.205. The number of anilines is 1. The molecule has 57 heavy (non-hydrogen) atoms. The number of carbonyl (C=O) groups excluding carboxylic acids is 2. The van der Waals surface area contributed by atoms with E-state index in [1.165, 1.54) is 40.7 Å². The second-order valence-electron chi connectivity index (χ2n) is 14.8. The van der Waals surface area contributed by atoms with Gasteiger partial charge in [0.15, 0.2) is 0 Å². The molecule has 17 nitrogen and oxygen atoms in total. The summed E-state index contributed by atoms with van der Waals surface area (Å²) in [4.78, 5) is 32.2. The molecule has 3 aromatic rings. The zero-order chi connectivity index (χ0) is 42.3. The number of ether oxygens (including phenoxy) is 4. The van der Waals surface area contributed by atoms with Gasteiger partial charge in [-0.3, -0.25) is 10.7 Å². The van der Waals surface area contributed by atoms with Gasteiger partial charge in [-0.25, -0.2) is 22.8 Å². The second-order valence-corrected chi connectivity index (χ2v) is 18.3. The largest absolute Gasteiger partial charge is 0.495 e. The van der Waals surface area contributed by atoms with Gasteiger partial charge >= 0.3 is 22.3 Å². The molecule has 1 fully saturated rings. The van der Waals surface area contributed by atoms with Gasteiger partial charge in [-0.1, -0.05) is 31.2 Å². The number of para-hydroxylation sites is 2. The van der Waals surface area contributed by atoms with Crippen molar-refractivity contribution in [3.05, 3.63) is 72.3 Å². The van der Waals surface area contributed by atoms with E-state index in [9.17, 15) is 26.4 Å². The average Bonchev–Trinajstić information content (AvgIpc) is 3.11. The van der Waals surface area contributed by atoms with Gasteiger partial charge in [0.2, 0.25) is 22.3 Å². The Morgan fingerprint density at radius 2 is 1.42 bits per heavy atom. The third-order valence-corrected chi connectivity index (χ3v) is 11.2. The molecule has 2 N–H and O–H groups in total. The lowest BCUT2D eigenvalue weighted by Crippen LogP contribution is -2.51. The molecule has 1 aliphatic heterocycles. The number of sulfonamides is 1. The normalized spacial score (nSPS) is 14.6. The van der Waals surface area contributed by atoms with E-state index in [0.717, 1.165) is 11.8 Å². The fourth-order valence-corrected chi connectivity index (χ4v) is 8.58. The molecule has 3 aromatic carbocycles. The summed E-state index contributed by atoms with van der Waals surface area (Å²) in [6, 6.07) is 16.8. The Morgan fingerprint density at radius 3 is 2.02 bits per heavy atom. The van der Waals surface area contributed by atoms with Crippen LogP contribution in [0.4, 0.5) is 15.3 Å². The molecule has 0 radical (unpaired) electrons. The maximum atomic E-state index is 14.0. The molecule has 0 aromatic heterocycles. The highest BCUT2D eigenvalue weighted by Crippen LogP contribution is 2.33. The number of nitrogens with zero attached hydrogens (tertiary/aromatic N) is 3. The number of carbonyl (C=O) groups is 2. The zero-order valence-electron chi connectivity index (χ0n) is 33.5. The molecule has 1 saturated heterocycles. The monoisotopic (exact) mass is 833 g/mol. The molecular weight excluding hydrogens is 783 g/mol. The minimum atomic E-state index is -4.75. The van der Waals surface area contributed by atoms with E-state index >= 15 is 0 Å². The van der Waals surface area contributed by atoms with Crippen LogP contribution in [0.3, 0.4) is 0 Å². The number of methoxy groups -OCH3 is 1. The molecule has 0 aliphatic carbocycles. The number of aryl methyl sites for hydroxylation is 1. The van der Waals surface area contributed by atoms with E-state index < -0.39 is 65.6 Å². The van der Waals surface area contributed by atoms with E-state index in [4.69, 9.17) is 33.4 Å². The minimum Gasteiger partial charge on any atom is -0.495 e. The number of hydroxylamine groups is 2. The first-order valence-electron chi connectivity index (χ1n) is 18.0. The summed E-state index contributed by atoms with van der Waals surface area (Å²) in [5.74, 6) is -0.343. The van der Waals surface area contributed by atoms with Gasteiger partial charge in [-0.2, -0.15) is 12.7 Å². The molecule has 2 amide bonds. The third kappa shape index (κ3) is 12.2. The predicted octanol–water partition coefficient (Wildman–Crippen LogP) is 6.03. The van der Waals surface area contributed by atoms with Gasteiger partial charge in [0.05, 0.1) is 12.8 Å². The summed E-state index contributed by atoms with van der Waals surface area (Å²) in [5, 5.41) is 10.9. The molecule has 19 heteroatoms. The van der Waals surface area contributed by atoms with Crippen LogP contribution >= 0.6 is 0 Å². The van der Waals surface area contributed by atoms with Gasteiger partial charge in [-0.15, -0.1) is 5.06 Å². The van der Waals surface area contributed by atoms with E-state index in [2.05, 4.69) is 5.32 Å². The van der Waals surface area contributed by atoms with Crippen LogP contribution in [0.2, 0.25) is 0 Å². The predicted molar refractivity (Wildman–Crippen MR) is 210 cm³/mol. The van der Waals surface area contributed by atoms with Crippen molar-refractivity contribution in [3.8, 4) is 17.2 Å². The third-order valence-electron chi connectivity index (χ3n) is 7.84. The number of hydrogen-bond acceptors (Lipinski definition) is 14. The first kappa shape index (κ1) is 44.6. The molecule has 1 atom stereocenters. The fourth-order valence-electron chi connectivity index (χ4n) is 5.46. The Labute approximate surface area is 334 Å². The van der Waals surface area contributed by atoms with Crippen molar-refractivity contribution in [1.82, 2.24) is 14.7 Å². The summed E-state index contributed by atoms with van der Waals surface area (Å²) in [5.41, 5.74) is -0.600. The highest BCUT2D eigenvalue weighted by Gasteiger charge is 2.35. The van der Waals surface area contributed by atoms with Crippen molar-refractivity contribution in [2.75, 3.05) is 38.2 Å². The standard InChI is InChI=1S/C38H51N5O12S2/c1-10-33(54-43(36(45)53-38(6,7)8)34(39)40-35(44)52-37(3,4)5)51-27-23-26(2)24-28(25-27)55-57(48,49)32-18-14-13-17-31(32)56(46,47)42-21-19-41(20-22-42)29-15-11-12-16-30(29)50-9/h11-18,23-25,33H,10,19-22H2,1-9H3,(H2,39,40,44). The highest BCUT2D eigenvalue weighted by atomic mass is 32.2. The number of alkyl carbamates (subject to hydrolysis) is 1. The van der Waals surface area contributed by atoms with Crippen LogP contribution in [-0.2, 0) is 34.5 Å². The van der Waals surface area contributed by atoms with E-state index in [1.54, 1.807) is 62.5 Å². The Kier molecular flexibility index (Phi) is 14.1. The number of piperazine rings is 1. The van der Waals surface area contributed by atoms with E-state index in [0.29, 0.717) is 29.5 Å². The van der Waals surface area contributed by atoms with Crippen molar-refractivity contribution in [3.63, 3.8) is 0 Å². The van der Waals surface area contributed by atoms with Gasteiger partial charge in [0, 0.05) is 38.7 Å². The summed E-state index contributed by atoms with van der Waals surface area (Å²) in [7, 11) is -7.49. The number of guanidine groups is 1. The van der Waals surface area contributed by atoms with Crippen LogP contribution in [0.1, 0.15) is 60.5 Å². The van der Waals surface area contributed by atoms with Gasteiger partial charge in [0.25, 0.3) is 0 Å². The lowest BCUT2D eigenvalue weighted by Gasteiger charge is -2.36. The molecule has 4 rings (SSSR count). The van der Waals surface area contributed by atoms with Crippen LogP contribution in [0.15, 0.2) is 76.5 Å². The van der Waals surface area contributed by atoms with Crippen LogP contribution in [0.25, 0.3) is 0 Å². The van der Waals surface area contributed by atoms with Crippen molar-refractivity contribution in [2.45, 2.75) is 89.1 Å². The fraction of sp³-hybridized carbons (Fsp3) is 0.447. The molecule has 1 heterocycles. The maximum Gasteiger partial charge on any atom is 0.442 e. The first-order valence-corrected chi connectivity index (χ1v) is 20.9. The van der Waals surface area contributed by atoms with Crippen LogP contribution < -0.4 is 23.9 Å². The number of hydrogen-bond donors (Lipinski definition) is 2. The van der Waals surface area contributed by atoms with Crippen molar-refractivity contribution < 1.29 is 54.4 Å². The van der Waals surface area contributed by atoms with Gasteiger partial charge < -0.3 is 28.0 Å². The Hall–Kier alpha value is -5.11. The van der Waals surface area contributed by atoms with Crippen LogP contribution in [-0.4, -0.2) is 95.1 Å². The maximum absolute atomic E-state index is 14.0. The van der Waals surface area contributed by atoms with Gasteiger partial charge in [-0.05, 0) is 90.4 Å². The topological polar surface area (TPSA) is 203 Å². The SMILES string of the molecule is CCC(Oc1cc(C)cc(OS(=O)(=O)c2ccccc2S(=O)(=O)N2CCN(c3ccccc3OC)CC2)c1)ON(C(=N)NC(=O)OC(C)(C)C)C(=O)OC(C)(C)C. The second kappa shape index (κ2) is 18.0. The quantitative estimate of drug-likeness (QED) is 0.0705. The van der Waals surface area contributed by atoms with Gasteiger partial charge in [0.1, 0.15) is 38.2 Å². The van der Waals surface area contributed by atoms with Crippen LogP contribution in [0, 0.1) is 12.3 Å². The smallest absolute Gasteiger partial charge is 0.442 e. The molecule has 1 unspecified atom stereocenters. The molecule has 0 saturated carbocycles. The highest BCUT2D eigenvalue weighted by molar-refractivity contribution is 7.91. The van der Waals surface area contributed by atoms with Crippen molar-refractivity contribution in [2.24, 2.45) is 0 Å². The minimum absolute atomic E-state index is 0.0386. The van der Waals surface area contributed by atoms with Crippen LogP contribution in [0.5, 0.6) is 17.2 Å². The summed E-state index contributed by atoms with van der Waals surface area (Å²) in [6.45, 7) is 13.8. The summed E-state index contributed by atoms with van der Waals surface area (Å²) >= 11 is 0. The lowest BCUT2D eigenvalue weighted by atomic mass is 10.2. The Morgan fingerprint density at radius 1 is 0.842 bits per heavy atom. The summed E-state index contributed by atoms with van der Waals surface area (Å²) in [6.07, 6.45) is -3.38. The Balaban J connectivity index is 1.53. The number of amides is 2. The molecule has 0 spiro atoms. The molecule has 312 valence electrons. The van der Waals surface area contributed by atoms with E-state index in [-0.39, 0.29) is 31.0 Å². The van der Waals surface area contributed by atoms with E-state index in [1.807, 2.05) is 29.2 Å². The molecule has 1 aliphatic rings.